The lowest BCUT2D eigenvalue weighted by atomic mass is 10.0. The molecule has 9 nitrogen and oxygen atoms in total. The Kier molecular flexibility index (Phi) is 6.96. The van der Waals surface area contributed by atoms with Gasteiger partial charge in [0.05, 0.1) is 40.4 Å². The number of rotatable bonds is 7. The molecule has 164 valence electrons. The number of ether oxygens (including phenoxy) is 4. The van der Waals surface area contributed by atoms with Gasteiger partial charge in [-0.3, -0.25) is 20.2 Å². The summed E-state index contributed by atoms with van der Waals surface area (Å²) in [5, 5.41) is 5.24. The van der Waals surface area contributed by atoms with Crippen molar-refractivity contribution < 1.29 is 28.5 Å². The van der Waals surface area contributed by atoms with Gasteiger partial charge in [-0.25, -0.2) is 4.99 Å². The molecule has 0 aromatic heterocycles. The van der Waals surface area contributed by atoms with Crippen molar-refractivity contribution in [1.82, 2.24) is 10.6 Å². The molecule has 3 rings (SSSR count). The zero-order valence-corrected chi connectivity index (χ0v) is 17.9. The van der Waals surface area contributed by atoms with Crippen LogP contribution in [-0.4, -0.2) is 45.7 Å². The van der Waals surface area contributed by atoms with Crippen molar-refractivity contribution in [3.63, 3.8) is 0 Å². The van der Waals surface area contributed by atoms with Crippen molar-refractivity contribution in [2.45, 2.75) is 19.4 Å². The second kappa shape index (κ2) is 9.84. The van der Waals surface area contributed by atoms with E-state index in [2.05, 4.69) is 15.6 Å². The molecule has 0 radical (unpaired) electrons. The zero-order chi connectivity index (χ0) is 22.4. The first-order valence-electron chi connectivity index (χ1n) is 9.70. The molecule has 9 heteroatoms. The lowest BCUT2D eigenvalue weighted by molar-refractivity contribution is -0.120. The number of hydrogen-bond acceptors (Lipinski definition) is 7. The highest BCUT2D eigenvalue weighted by Gasteiger charge is 2.25. The molecule has 0 saturated heterocycles. The van der Waals surface area contributed by atoms with Crippen LogP contribution in [0.3, 0.4) is 0 Å². The standard InChI is InChI=1S/C22H25N3O6/c1-5-31-15-8-6-13(7-9-15)16-12-19(26)24-22(23-16)25-21(27)14-10-17(28-2)20(30-4)18(11-14)29-3/h6-11,16H,5,12H2,1-4H3,(H2,23,24,25,26,27)/t16-/m1/s1. The third-order valence-electron chi connectivity index (χ3n) is 4.66. The van der Waals surface area contributed by atoms with Gasteiger partial charge in [-0.2, -0.15) is 0 Å². The largest absolute Gasteiger partial charge is 0.494 e. The minimum Gasteiger partial charge on any atom is -0.494 e. The molecular formula is C22H25N3O6. The SMILES string of the molecule is CCOc1ccc([C@H]2CC(=O)NC(NC(=O)c3cc(OC)c(OC)c(OC)c3)=N2)cc1. The molecule has 0 fully saturated rings. The van der Waals surface area contributed by atoms with Crippen molar-refractivity contribution in [2.75, 3.05) is 27.9 Å². The molecule has 1 heterocycles. The molecule has 2 amide bonds. The van der Waals surface area contributed by atoms with Gasteiger partial charge in [0, 0.05) is 5.56 Å². The summed E-state index contributed by atoms with van der Waals surface area (Å²) in [6.07, 6.45) is 0.178. The predicted octanol–water partition coefficient (Wildman–Crippen LogP) is 2.46. The fraction of sp³-hybridized carbons (Fsp3) is 0.318. The average molecular weight is 427 g/mol. The van der Waals surface area contributed by atoms with Crippen LogP contribution in [0.2, 0.25) is 0 Å². The van der Waals surface area contributed by atoms with E-state index in [9.17, 15) is 9.59 Å². The van der Waals surface area contributed by atoms with Crippen LogP contribution in [0, 0.1) is 0 Å². The molecule has 0 bridgehead atoms. The van der Waals surface area contributed by atoms with Gasteiger partial charge in [-0.05, 0) is 36.8 Å². The number of amides is 2. The molecule has 2 N–H and O–H groups in total. The number of nitrogens with zero attached hydrogens (tertiary/aromatic N) is 1. The van der Waals surface area contributed by atoms with E-state index in [1.807, 2.05) is 31.2 Å². The van der Waals surface area contributed by atoms with Crippen LogP contribution in [0.15, 0.2) is 41.4 Å². The molecule has 2 aromatic carbocycles. The van der Waals surface area contributed by atoms with Gasteiger partial charge in [-0.1, -0.05) is 12.1 Å². The van der Waals surface area contributed by atoms with Gasteiger partial charge in [0.25, 0.3) is 5.91 Å². The monoisotopic (exact) mass is 427 g/mol. The van der Waals surface area contributed by atoms with Crippen molar-refractivity contribution in [3.05, 3.63) is 47.5 Å². The summed E-state index contributed by atoms with van der Waals surface area (Å²) < 4.78 is 21.3. The van der Waals surface area contributed by atoms with Crippen LogP contribution in [0.4, 0.5) is 0 Å². The predicted molar refractivity (Wildman–Crippen MR) is 114 cm³/mol. The molecule has 1 aliphatic heterocycles. The smallest absolute Gasteiger partial charge is 0.258 e. The molecule has 31 heavy (non-hydrogen) atoms. The molecule has 0 saturated carbocycles. The van der Waals surface area contributed by atoms with E-state index in [1.54, 1.807) is 0 Å². The number of guanidine groups is 1. The molecule has 0 unspecified atom stereocenters. The van der Waals surface area contributed by atoms with Gasteiger partial charge in [-0.15, -0.1) is 0 Å². The molecule has 1 aliphatic rings. The Labute approximate surface area is 180 Å². The van der Waals surface area contributed by atoms with Crippen LogP contribution >= 0.6 is 0 Å². The van der Waals surface area contributed by atoms with E-state index in [4.69, 9.17) is 18.9 Å². The number of carbonyl (C=O) groups excluding carboxylic acids is 2. The fourth-order valence-corrected chi connectivity index (χ4v) is 3.19. The maximum Gasteiger partial charge on any atom is 0.258 e. The van der Waals surface area contributed by atoms with Gasteiger partial charge in [0.2, 0.25) is 17.6 Å². The molecular weight excluding hydrogens is 402 g/mol. The van der Waals surface area contributed by atoms with Crippen LogP contribution in [-0.2, 0) is 4.79 Å². The lowest BCUT2D eigenvalue weighted by Crippen LogP contribution is -2.47. The topological polar surface area (TPSA) is 107 Å². The first kappa shape index (κ1) is 21.9. The second-order valence-electron chi connectivity index (χ2n) is 6.62. The summed E-state index contributed by atoms with van der Waals surface area (Å²) in [5.41, 5.74) is 1.10. The molecule has 1 atom stereocenters. The van der Waals surface area contributed by atoms with E-state index in [0.717, 1.165) is 11.3 Å². The zero-order valence-electron chi connectivity index (χ0n) is 17.9. The summed E-state index contributed by atoms with van der Waals surface area (Å²) in [6.45, 7) is 2.48. The summed E-state index contributed by atoms with van der Waals surface area (Å²) in [5.74, 6) is 1.16. The average Bonchev–Trinajstić information content (AvgIpc) is 2.78. The summed E-state index contributed by atoms with van der Waals surface area (Å²) in [6, 6.07) is 9.99. The van der Waals surface area contributed by atoms with Crippen LogP contribution in [0.1, 0.15) is 35.3 Å². The second-order valence-corrected chi connectivity index (χ2v) is 6.62. The highest BCUT2D eigenvalue weighted by molar-refractivity contribution is 6.11. The Balaban J connectivity index is 1.82. The Morgan fingerprint density at radius 2 is 1.74 bits per heavy atom. The lowest BCUT2D eigenvalue weighted by Gasteiger charge is -2.22. The quantitative estimate of drug-likeness (QED) is 0.703. The van der Waals surface area contributed by atoms with E-state index in [1.165, 1.54) is 33.5 Å². The minimum absolute atomic E-state index is 0.0777. The minimum atomic E-state index is -0.481. The number of aliphatic imine (C=N–C) groups is 1. The Hall–Kier alpha value is -3.75. The first-order chi connectivity index (χ1) is 15.0. The van der Waals surface area contributed by atoms with E-state index in [0.29, 0.717) is 23.9 Å². The highest BCUT2D eigenvalue weighted by atomic mass is 16.5. The molecule has 0 spiro atoms. The van der Waals surface area contributed by atoms with Crippen molar-refractivity contribution >= 4 is 17.8 Å². The van der Waals surface area contributed by atoms with Crippen LogP contribution in [0.5, 0.6) is 23.0 Å². The van der Waals surface area contributed by atoms with Gasteiger partial charge in [0.1, 0.15) is 5.75 Å². The summed E-state index contributed by atoms with van der Waals surface area (Å²) >= 11 is 0. The summed E-state index contributed by atoms with van der Waals surface area (Å²) in [7, 11) is 4.41. The fourth-order valence-electron chi connectivity index (χ4n) is 3.19. The van der Waals surface area contributed by atoms with Gasteiger partial charge in [0.15, 0.2) is 11.5 Å². The van der Waals surface area contributed by atoms with Crippen molar-refractivity contribution in [2.24, 2.45) is 4.99 Å². The maximum absolute atomic E-state index is 12.8. The summed E-state index contributed by atoms with van der Waals surface area (Å²) in [4.78, 5) is 29.5. The van der Waals surface area contributed by atoms with E-state index in [-0.39, 0.29) is 23.9 Å². The number of methoxy groups -OCH3 is 3. The first-order valence-corrected chi connectivity index (χ1v) is 9.70. The van der Waals surface area contributed by atoms with E-state index >= 15 is 0 Å². The van der Waals surface area contributed by atoms with Crippen molar-refractivity contribution in [1.29, 1.82) is 0 Å². The van der Waals surface area contributed by atoms with Gasteiger partial charge >= 0.3 is 0 Å². The normalized spacial score (nSPS) is 15.4. The highest BCUT2D eigenvalue weighted by Crippen LogP contribution is 2.38. The maximum atomic E-state index is 12.8. The Morgan fingerprint density at radius 1 is 1.10 bits per heavy atom. The number of benzene rings is 2. The third kappa shape index (κ3) is 5.06. The number of hydrogen-bond donors (Lipinski definition) is 2. The van der Waals surface area contributed by atoms with Crippen molar-refractivity contribution in [3.8, 4) is 23.0 Å². The Bertz CT molecular complexity index is 962. The van der Waals surface area contributed by atoms with Gasteiger partial charge < -0.3 is 18.9 Å². The number of nitrogens with one attached hydrogen (secondary N) is 2. The number of carbonyl (C=O) groups is 2. The van der Waals surface area contributed by atoms with Crippen LogP contribution < -0.4 is 29.6 Å². The van der Waals surface area contributed by atoms with E-state index < -0.39 is 11.9 Å². The van der Waals surface area contributed by atoms with Crippen LogP contribution in [0.25, 0.3) is 0 Å². The third-order valence-corrected chi connectivity index (χ3v) is 4.66. The molecule has 0 aliphatic carbocycles. The Morgan fingerprint density at radius 3 is 2.29 bits per heavy atom. The molecule has 2 aromatic rings.